The van der Waals surface area contributed by atoms with Gasteiger partial charge in [-0.2, -0.15) is 4.99 Å². The van der Waals surface area contributed by atoms with Crippen LogP contribution in [0, 0.1) is 6.92 Å². The molecule has 1 aromatic carbocycles. The summed E-state index contributed by atoms with van der Waals surface area (Å²) >= 11 is 0. The van der Waals surface area contributed by atoms with Crippen molar-refractivity contribution < 1.29 is 4.79 Å². The number of isocyanates is 1. The lowest BCUT2D eigenvalue weighted by Gasteiger charge is -2.04. The minimum atomic E-state index is 0.0624. The quantitative estimate of drug-likeness (QED) is 0.473. The predicted octanol–water partition coefficient (Wildman–Crippen LogP) is 2.32. The van der Waals surface area contributed by atoms with E-state index in [-0.39, 0.29) is 6.04 Å². The summed E-state index contributed by atoms with van der Waals surface area (Å²) in [6.45, 7) is 2.10. The van der Waals surface area contributed by atoms with Crippen molar-refractivity contribution >= 4 is 6.08 Å². The molecule has 0 heterocycles. The summed E-state index contributed by atoms with van der Waals surface area (Å²) in [5.41, 5.74) is 3.89. The highest BCUT2D eigenvalue weighted by Crippen LogP contribution is 2.35. The SMILES string of the molecule is Cc1cccc2c1CCC2N=C=O. The Kier molecular flexibility index (Phi) is 1.99. The van der Waals surface area contributed by atoms with E-state index in [4.69, 9.17) is 0 Å². The van der Waals surface area contributed by atoms with Crippen molar-refractivity contribution in [3.8, 4) is 0 Å². The largest absolute Gasteiger partial charge is 0.235 e. The number of aliphatic imine (C=N–C) groups is 1. The third-order valence-corrected chi connectivity index (χ3v) is 2.68. The van der Waals surface area contributed by atoms with Crippen LogP contribution in [-0.2, 0) is 11.2 Å². The molecule has 0 aliphatic heterocycles. The Labute approximate surface area is 77.3 Å². The van der Waals surface area contributed by atoms with Crippen LogP contribution in [0.5, 0.6) is 0 Å². The van der Waals surface area contributed by atoms with E-state index < -0.39 is 0 Å². The lowest BCUT2D eigenvalue weighted by molar-refractivity contribution is 0.557. The first kappa shape index (κ1) is 8.21. The fraction of sp³-hybridized carbons (Fsp3) is 0.364. The summed E-state index contributed by atoms with van der Waals surface area (Å²) in [4.78, 5) is 14.0. The van der Waals surface area contributed by atoms with E-state index in [1.54, 1.807) is 6.08 Å². The van der Waals surface area contributed by atoms with Gasteiger partial charge in [0.25, 0.3) is 0 Å². The van der Waals surface area contributed by atoms with E-state index in [1.807, 2.05) is 6.07 Å². The van der Waals surface area contributed by atoms with Gasteiger partial charge in [-0.3, -0.25) is 0 Å². The summed E-state index contributed by atoms with van der Waals surface area (Å²) < 4.78 is 0. The number of hydrogen-bond acceptors (Lipinski definition) is 2. The number of hydrogen-bond donors (Lipinski definition) is 0. The molecular weight excluding hydrogens is 162 g/mol. The lowest BCUT2D eigenvalue weighted by Crippen LogP contribution is -1.89. The second-order valence-corrected chi connectivity index (χ2v) is 3.42. The van der Waals surface area contributed by atoms with Crippen molar-refractivity contribution in [2.45, 2.75) is 25.8 Å². The molecule has 1 aliphatic carbocycles. The Morgan fingerprint density at radius 3 is 3.15 bits per heavy atom. The van der Waals surface area contributed by atoms with E-state index in [9.17, 15) is 4.79 Å². The van der Waals surface area contributed by atoms with Crippen LogP contribution in [0.1, 0.15) is 29.2 Å². The van der Waals surface area contributed by atoms with Gasteiger partial charge >= 0.3 is 0 Å². The Bertz CT molecular complexity index is 378. The molecule has 2 heteroatoms. The maximum Gasteiger partial charge on any atom is 0.235 e. The Morgan fingerprint density at radius 2 is 2.38 bits per heavy atom. The minimum absolute atomic E-state index is 0.0624. The first-order chi connectivity index (χ1) is 6.33. The summed E-state index contributed by atoms with van der Waals surface area (Å²) in [5, 5.41) is 0. The molecule has 0 saturated heterocycles. The molecule has 1 aliphatic rings. The predicted molar refractivity (Wildman–Crippen MR) is 50.4 cm³/mol. The molecule has 0 amide bonds. The number of nitrogens with zero attached hydrogens (tertiary/aromatic N) is 1. The van der Waals surface area contributed by atoms with Crippen LogP contribution in [0.15, 0.2) is 23.2 Å². The molecule has 0 radical (unpaired) electrons. The van der Waals surface area contributed by atoms with Gasteiger partial charge in [-0.1, -0.05) is 18.2 Å². The third-order valence-electron chi connectivity index (χ3n) is 2.68. The lowest BCUT2D eigenvalue weighted by atomic mass is 10.0. The molecule has 0 fully saturated rings. The van der Waals surface area contributed by atoms with Crippen molar-refractivity contribution in [2.24, 2.45) is 4.99 Å². The van der Waals surface area contributed by atoms with Gasteiger partial charge in [-0.05, 0) is 36.5 Å². The van der Waals surface area contributed by atoms with Crippen LogP contribution in [0.3, 0.4) is 0 Å². The van der Waals surface area contributed by atoms with Crippen molar-refractivity contribution in [3.63, 3.8) is 0 Å². The summed E-state index contributed by atoms with van der Waals surface area (Å²) in [5.74, 6) is 0. The number of aryl methyl sites for hydroxylation is 1. The number of rotatable bonds is 1. The molecule has 13 heavy (non-hydrogen) atoms. The average molecular weight is 173 g/mol. The average Bonchev–Trinajstić information content (AvgIpc) is 2.51. The molecule has 1 unspecified atom stereocenters. The van der Waals surface area contributed by atoms with Crippen LogP contribution >= 0.6 is 0 Å². The van der Waals surface area contributed by atoms with Crippen molar-refractivity contribution in [1.29, 1.82) is 0 Å². The third kappa shape index (κ3) is 1.30. The highest BCUT2D eigenvalue weighted by atomic mass is 16.1. The minimum Gasteiger partial charge on any atom is -0.211 e. The summed E-state index contributed by atoms with van der Waals surface area (Å²) in [6.07, 6.45) is 3.64. The normalized spacial score (nSPS) is 19.3. The van der Waals surface area contributed by atoms with Gasteiger partial charge in [0.2, 0.25) is 6.08 Å². The number of fused-ring (bicyclic) bond motifs is 1. The van der Waals surface area contributed by atoms with E-state index in [0.717, 1.165) is 12.8 Å². The van der Waals surface area contributed by atoms with Gasteiger partial charge in [0, 0.05) is 0 Å². The summed E-state index contributed by atoms with van der Waals surface area (Å²) in [6, 6.07) is 6.24. The second-order valence-electron chi connectivity index (χ2n) is 3.42. The molecule has 66 valence electrons. The molecule has 0 saturated carbocycles. The second kappa shape index (κ2) is 3.15. The van der Waals surface area contributed by atoms with Crippen molar-refractivity contribution in [1.82, 2.24) is 0 Å². The molecule has 0 bridgehead atoms. The zero-order valence-electron chi connectivity index (χ0n) is 7.58. The van der Waals surface area contributed by atoms with E-state index in [2.05, 4.69) is 24.0 Å². The topological polar surface area (TPSA) is 29.4 Å². The van der Waals surface area contributed by atoms with Crippen LogP contribution in [0.25, 0.3) is 0 Å². The van der Waals surface area contributed by atoms with Gasteiger partial charge in [0.15, 0.2) is 0 Å². The maximum absolute atomic E-state index is 10.2. The molecule has 2 rings (SSSR count). The molecular formula is C11H11NO. The molecule has 1 atom stereocenters. The van der Waals surface area contributed by atoms with Gasteiger partial charge in [0.1, 0.15) is 0 Å². The van der Waals surface area contributed by atoms with Crippen molar-refractivity contribution in [3.05, 3.63) is 34.9 Å². The van der Waals surface area contributed by atoms with Gasteiger partial charge in [-0.25, -0.2) is 4.79 Å². The van der Waals surface area contributed by atoms with Crippen LogP contribution in [0.4, 0.5) is 0 Å². The first-order valence-electron chi connectivity index (χ1n) is 4.48. The van der Waals surface area contributed by atoms with Gasteiger partial charge < -0.3 is 0 Å². The zero-order valence-corrected chi connectivity index (χ0v) is 7.58. The molecule has 2 nitrogen and oxygen atoms in total. The first-order valence-corrected chi connectivity index (χ1v) is 4.48. The Morgan fingerprint density at radius 1 is 1.54 bits per heavy atom. The number of benzene rings is 1. The highest BCUT2D eigenvalue weighted by molar-refractivity contribution is 5.43. The van der Waals surface area contributed by atoms with Crippen LogP contribution < -0.4 is 0 Å². The zero-order chi connectivity index (χ0) is 9.26. The maximum atomic E-state index is 10.2. The van der Waals surface area contributed by atoms with Crippen molar-refractivity contribution in [2.75, 3.05) is 0 Å². The fourth-order valence-electron chi connectivity index (χ4n) is 2.01. The monoisotopic (exact) mass is 173 g/mol. The molecule has 0 spiro atoms. The highest BCUT2D eigenvalue weighted by Gasteiger charge is 2.22. The van der Waals surface area contributed by atoms with Crippen LogP contribution in [-0.4, -0.2) is 6.08 Å². The molecule has 1 aromatic rings. The van der Waals surface area contributed by atoms with Gasteiger partial charge in [-0.15, -0.1) is 0 Å². The van der Waals surface area contributed by atoms with E-state index >= 15 is 0 Å². The summed E-state index contributed by atoms with van der Waals surface area (Å²) in [7, 11) is 0. The standard InChI is InChI=1S/C11H11NO/c1-8-3-2-4-10-9(8)5-6-11(10)12-7-13/h2-4,11H,5-6H2,1H3. The van der Waals surface area contributed by atoms with Gasteiger partial charge in [0.05, 0.1) is 6.04 Å². The Balaban J connectivity index is 2.48. The fourth-order valence-corrected chi connectivity index (χ4v) is 2.01. The molecule has 0 aromatic heterocycles. The smallest absolute Gasteiger partial charge is 0.211 e. The Hall–Kier alpha value is -1.40. The van der Waals surface area contributed by atoms with E-state index in [1.165, 1.54) is 16.7 Å². The van der Waals surface area contributed by atoms with Crippen LogP contribution in [0.2, 0.25) is 0 Å². The molecule has 0 N–H and O–H groups in total. The number of carbonyl (C=O) groups excluding carboxylic acids is 1. The van der Waals surface area contributed by atoms with E-state index in [0.29, 0.717) is 0 Å².